The lowest BCUT2D eigenvalue weighted by Crippen LogP contribution is -2.14. The lowest BCUT2D eigenvalue weighted by Gasteiger charge is -2.13. The van der Waals surface area contributed by atoms with Gasteiger partial charge in [-0.15, -0.1) is 5.10 Å². The van der Waals surface area contributed by atoms with E-state index in [-0.39, 0.29) is 4.90 Å². The van der Waals surface area contributed by atoms with Crippen molar-refractivity contribution >= 4 is 15.7 Å². The Hall–Kier alpha value is -2.81. The zero-order valence-corrected chi connectivity index (χ0v) is 12.8. The van der Waals surface area contributed by atoms with Crippen LogP contribution in [0.2, 0.25) is 0 Å². The van der Waals surface area contributed by atoms with Crippen molar-refractivity contribution in [1.82, 2.24) is 20.2 Å². The third-order valence-corrected chi connectivity index (χ3v) is 4.65. The summed E-state index contributed by atoms with van der Waals surface area (Å²) in [6.07, 6.45) is 1.42. The standard InChI is InChI=1S/C14H12FN5O2S/c1-10-13(3-2-4-14(10)20-9-16-18-19-20)17-23(21,22)12-7-5-11(15)6-8-12/h2-9,17H,1H3. The molecule has 3 rings (SSSR count). The first kappa shape index (κ1) is 15.1. The predicted molar refractivity (Wildman–Crippen MR) is 81.1 cm³/mol. The van der Waals surface area contributed by atoms with Gasteiger partial charge in [0.25, 0.3) is 10.0 Å². The number of tetrazole rings is 1. The molecule has 2 aromatic carbocycles. The van der Waals surface area contributed by atoms with Crippen molar-refractivity contribution < 1.29 is 12.8 Å². The van der Waals surface area contributed by atoms with Gasteiger partial charge in [-0.05, 0) is 59.3 Å². The average Bonchev–Trinajstić information content (AvgIpc) is 3.04. The van der Waals surface area contributed by atoms with Crippen LogP contribution in [-0.4, -0.2) is 28.6 Å². The summed E-state index contributed by atoms with van der Waals surface area (Å²) in [4.78, 5) is -0.0221. The van der Waals surface area contributed by atoms with Crippen LogP contribution in [0.25, 0.3) is 5.69 Å². The van der Waals surface area contributed by atoms with E-state index in [1.54, 1.807) is 25.1 Å². The van der Waals surface area contributed by atoms with Crippen LogP contribution in [0, 0.1) is 12.7 Å². The summed E-state index contributed by atoms with van der Waals surface area (Å²) in [6.45, 7) is 1.75. The quantitative estimate of drug-likeness (QED) is 0.788. The summed E-state index contributed by atoms with van der Waals surface area (Å²) in [7, 11) is -3.82. The SMILES string of the molecule is Cc1c(NS(=O)(=O)c2ccc(F)cc2)cccc1-n1cnnn1. The summed E-state index contributed by atoms with van der Waals surface area (Å²) in [5, 5.41) is 10.9. The molecule has 0 fully saturated rings. The minimum atomic E-state index is -3.82. The van der Waals surface area contributed by atoms with E-state index in [0.717, 1.165) is 12.1 Å². The van der Waals surface area contributed by atoms with Gasteiger partial charge >= 0.3 is 0 Å². The Bertz CT molecular complexity index is 924. The molecule has 0 atom stereocenters. The Kier molecular flexibility index (Phi) is 3.78. The highest BCUT2D eigenvalue weighted by Gasteiger charge is 2.16. The van der Waals surface area contributed by atoms with Crippen LogP contribution in [-0.2, 0) is 10.0 Å². The Morgan fingerprint density at radius 1 is 1.13 bits per heavy atom. The molecular weight excluding hydrogens is 321 g/mol. The highest BCUT2D eigenvalue weighted by Crippen LogP contribution is 2.24. The van der Waals surface area contributed by atoms with Crippen LogP contribution in [0.15, 0.2) is 53.7 Å². The molecule has 23 heavy (non-hydrogen) atoms. The van der Waals surface area contributed by atoms with Crippen LogP contribution >= 0.6 is 0 Å². The molecule has 0 radical (unpaired) electrons. The number of halogens is 1. The molecule has 9 heteroatoms. The van der Waals surface area contributed by atoms with E-state index in [1.807, 2.05) is 0 Å². The van der Waals surface area contributed by atoms with E-state index in [1.165, 1.54) is 23.1 Å². The van der Waals surface area contributed by atoms with E-state index in [9.17, 15) is 12.8 Å². The minimum absolute atomic E-state index is 0.0221. The highest BCUT2D eigenvalue weighted by atomic mass is 32.2. The average molecular weight is 333 g/mol. The van der Waals surface area contributed by atoms with Crippen LogP contribution < -0.4 is 4.72 Å². The van der Waals surface area contributed by atoms with Crippen molar-refractivity contribution in [1.29, 1.82) is 0 Å². The fraction of sp³-hybridized carbons (Fsp3) is 0.0714. The number of hydrogen-bond acceptors (Lipinski definition) is 5. The van der Waals surface area contributed by atoms with Gasteiger partial charge in [0, 0.05) is 0 Å². The van der Waals surface area contributed by atoms with Gasteiger partial charge in [-0.1, -0.05) is 6.07 Å². The first-order chi connectivity index (χ1) is 11.0. The van der Waals surface area contributed by atoms with Crippen molar-refractivity contribution in [2.75, 3.05) is 4.72 Å². The van der Waals surface area contributed by atoms with Gasteiger partial charge in [-0.25, -0.2) is 17.5 Å². The van der Waals surface area contributed by atoms with Crippen molar-refractivity contribution in [3.8, 4) is 5.69 Å². The Morgan fingerprint density at radius 3 is 2.52 bits per heavy atom. The number of nitrogens with one attached hydrogen (secondary N) is 1. The minimum Gasteiger partial charge on any atom is -0.279 e. The molecule has 0 bridgehead atoms. The van der Waals surface area contributed by atoms with Gasteiger partial charge in [0.15, 0.2) is 0 Å². The van der Waals surface area contributed by atoms with E-state index >= 15 is 0 Å². The molecule has 0 aliphatic heterocycles. The normalized spacial score (nSPS) is 11.4. The third kappa shape index (κ3) is 3.04. The third-order valence-electron chi connectivity index (χ3n) is 3.27. The van der Waals surface area contributed by atoms with Gasteiger partial charge < -0.3 is 0 Å². The molecule has 0 saturated carbocycles. The van der Waals surface area contributed by atoms with Crippen molar-refractivity contribution in [3.05, 3.63) is 60.2 Å². The molecule has 7 nitrogen and oxygen atoms in total. The van der Waals surface area contributed by atoms with Crippen molar-refractivity contribution in [2.45, 2.75) is 11.8 Å². The lowest BCUT2D eigenvalue weighted by atomic mass is 10.1. The van der Waals surface area contributed by atoms with E-state index in [4.69, 9.17) is 0 Å². The fourth-order valence-electron chi connectivity index (χ4n) is 2.07. The fourth-order valence-corrected chi connectivity index (χ4v) is 3.19. The number of sulfonamides is 1. The van der Waals surface area contributed by atoms with E-state index in [2.05, 4.69) is 20.2 Å². The van der Waals surface area contributed by atoms with Gasteiger partial charge in [0.05, 0.1) is 16.3 Å². The first-order valence-electron chi connectivity index (χ1n) is 6.59. The summed E-state index contributed by atoms with van der Waals surface area (Å²) >= 11 is 0. The highest BCUT2D eigenvalue weighted by molar-refractivity contribution is 7.92. The Labute approximate surface area is 131 Å². The predicted octanol–water partition coefficient (Wildman–Crippen LogP) is 1.91. The van der Waals surface area contributed by atoms with E-state index < -0.39 is 15.8 Å². The van der Waals surface area contributed by atoms with Crippen molar-refractivity contribution in [2.24, 2.45) is 0 Å². The number of rotatable bonds is 4. The maximum atomic E-state index is 12.9. The molecule has 1 heterocycles. The molecule has 118 valence electrons. The Balaban J connectivity index is 1.97. The molecule has 1 aromatic heterocycles. The topological polar surface area (TPSA) is 89.8 Å². The zero-order valence-electron chi connectivity index (χ0n) is 12.0. The largest absolute Gasteiger partial charge is 0.279 e. The number of hydrogen-bond donors (Lipinski definition) is 1. The smallest absolute Gasteiger partial charge is 0.261 e. The molecule has 0 spiro atoms. The number of nitrogens with zero attached hydrogens (tertiary/aromatic N) is 4. The van der Waals surface area contributed by atoms with Crippen LogP contribution in [0.5, 0.6) is 0 Å². The van der Waals surface area contributed by atoms with Gasteiger partial charge in [0.2, 0.25) is 0 Å². The first-order valence-corrected chi connectivity index (χ1v) is 8.07. The van der Waals surface area contributed by atoms with Crippen molar-refractivity contribution in [3.63, 3.8) is 0 Å². The maximum Gasteiger partial charge on any atom is 0.261 e. The monoisotopic (exact) mass is 333 g/mol. The van der Waals surface area contributed by atoms with Crippen LogP contribution in [0.3, 0.4) is 0 Å². The zero-order chi connectivity index (χ0) is 16.4. The molecule has 3 aromatic rings. The molecule has 0 saturated heterocycles. The lowest BCUT2D eigenvalue weighted by molar-refractivity contribution is 0.599. The summed E-state index contributed by atoms with van der Waals surface area (Å²) in [6, 6.07) is 9.69. The summed E-state index contributed by atoms with van der Waals surface area (Å²) in [5.74, 6) is -0.499. The molecule has 1 N–H and O–H groups in total. The molecule has 0 amide bonds. The molecule has 0 aliphatic carbocycles. The second-order valence-electron chi connectivity index (χ2n) is 4.76. The number of aromatic nitrogens is 4. The number of anilines is 1. The second-order valence-corrected chi connectivity index (χ2v) is 6.45. The second kappa shape index (κ2) is 5.76. The molecule has 0 unspecified atom stereocenters. The van der Waals surface area contributed by atoms with Gasteiger partial charge in [-0.2, -0.15) is 0 Å². The Morgan fingerprint density at radius 2 is 1.87 bits per heavy atom. The molecule has 0 aliphatic rings. The summed E-state index contributed by atoms with van der Waals surface area (Å²) in [5.41, 5.74) is 1.70. The maximum absolute atomic E-state index is 12.9. The van der Waals surface area contributed by atoms with Gasteiger partial charge in [0.1, 0.15) is 12.1 Å². The van der Waals surface area contributed by atoms with Crippen LogP contribution in [0.1, 0.15) is 5.56 Å². The van der Waals surface area contributed by atoms with Gasteiger partial charge in [-0.3, -0.25) is 4.72 Å². The number of benzene rings is 2. The summed E-state index contributed by atoms with van der Waals surface area (Å²) < 4.78 is 41.6. The van der Waals surface area contributed by atoms with Crippen LogP contribution in [0.4, 0.5) is 10.1 Å². The molecular formula is C14H12FN5O2S. The van der Waals surface area contributed by atoms with E-state index in [0.29, 0.717) is 16.9 Å².